The van der Waals surface area contributed by atoms with Crippen LogP contribution in [0.2, 0.25) is 0 Å². The van der Waals surface area contributed by atoms with Gasteiger partial charge in [0.05, 0.1) is 6.54 Å². The molecule has 1 atom stereocenters. The van der Waals surface area contributed by atoms with E-state index in [0.717, 1.165) is 19.4 Å². The van der Waals surface area contributed by atoms with Gasteiger partial charge in [0.2, 0.25) is 5.91 Å². The lowest BCUT2D eigenvalue weighted by Crippen LogP contribution is -2.38. The van der Waals surface area contributed by atoms with E-state index in [9.17, 15) is 4.79 Å². The van der Waals surface area contributed by atoms with Gasteiger partial charge < -0.3 is 10.6 Å². The van der Waals surface area contributed by atoms with Crippen molar-refractivity contribution in [1.29, 1.82) is 0 Å². The highest BCUT2D eigenvalue weighted by Crippen LogP contribution is 2.02. The van der Waals surface area contributed by atoms with Gasteiger partial charge in [0.1, 0.15) is 0 Å². The van der Waals surface area contributed by atoms with Crippen molar-refractivity contribution in [2.24, 2.45) is 0 Å². The summed E-state index contributed by atoms with van der Waals surface area (Å²) >= 11 is 0. The summed E-state index contributed by atoms with van der Waals surface area (Å²) in [5, 5.41) is 6.14. The average Bonchev–Trinajstić information content (AvgIpc) is 2.29. The highest BCUT2D eigenvalue weighted by Gasteiger charge is 2.05. The fraction of sp³-hybridized carbons (Fsp3) is 0.533. The smallest absolute Gasteiger partial charge is 0.234 e. The SMILES string of the molecule is CCCC(C)NC(=O)CNCc1cccc(C)c1. The Bertz CT molecular complexity index is 377. The minimum absolute atomic E-state index is 0.0728. The van der Waals surface area contributed by atoms with E-state index in [-0.39, 0.29) is 11.9 Å². The third-order valence-corrected chi connectivity index (χ3v) is 2.83. The van der Waals surface area contributed by atoms with Crippen molar-refractivity contribution in [3.8, 4) is 0 Å². The normalized spacial score (nSPS) is 12.2. The van der Waals surface area contributed by atoms with Crippen molar-refractivity contribution in [1.82, 2.24) is 10.6 Å². The van der Waals surface area contributed by atoms with E-state index in [1.165, 1.54) is 11.1 Å². The van der Waals surface area contributed by atoms with Gasteiger partial charge in [0, 0.05) is 12.6 Å². The van der Waals surface area contributed by atoms with Crippen molar-refractivity contribution in [3.05, 3.63) is 35.4 Å². The fourth-order valence-corrected chi connectivity index (χ4v) is 1.97. The Morgan fingerprint density at radius 2 is 2.17 bits per heavy atom. The zero-order valence-electron chi connectivity index (χ0n) is 11.6. The van der Waals surface area contributed by atoms with Crippen LogP contribution in [0.4, 0.5) is 0 Å². The van der Waals surface area contributed by atoms with Gasteiger partial charge in [-0.15, -0.1) is 0 Å². The second kappa shape index (κ2) is 7.88. The summed E-state index contributed by atoms with van der Waals surface area (Å²) in [5.74, 6) is 0.0728. The Morgan fingerprint density at radius 1 is 1.39 bits per heavy atom. The number of benzene rings is 1. The molecule has 2 N–H and O–H groups in total. The summed E-state index contributed by atoms with van der Waals surface area (Å²) in [6.07, 6.45) is 2.13. The van der Waals surface area contributed by atoms with Gasteiger partial charge in [0.15, 0.2) is 0 Å². The molecule has 18 heavy (non-hydrogen) atoms. The highest BCUT2D eigenvalue weighted by molar-refractivity contribution is 5.78. The largest absolute Gasteiger partial charge is 0.353 e. The van der Waals surface area contributed by atoms with Crippen molar-refractivity contribution in [2.75, 3.05) is 6.54 Å². The predicted molar refractivity (Wildman–Crippen MR) is 75.4 cm³/mol. The summed E-state index contributed by atoms with van der Waals surface area (Å²) in [7, 11) is 0. The number of rotatable bonds is 7. The summed E-state index contributed by atoms with van der Waals surface area (Å²) in [4.78, 5) is 11.6. The molecule has 0 aliphatic heterocycles. The van der Waals surface area contributed by atoms with Gasteiger partial charge in [-0.05, 0) is 25.8 Å². The molecular formula is C15H24N2O. The molecule has 1 aromatic carbocycles. The van der Waals surface area contributed by atoms with Gasteiger partial charge in [-0.3, -0.25) is 4.79 Å². The second-order valence-electron chi connectivity index (χ2n) is 4.85. The third kappa shape index (κ3) is 5.82. The van der Waals surface area contributed by atoms with Crippen LogP contribution in [-0.4, -0.2) is 18.5 Å². The predicted octanol–water partition coefficient (Wildman–Crippen LogP) is 2.39. The number of hydrogen-bond donors (Lipinski definition) is 2. The maximum atomic E-state index is 11.6. The molecule has 0 radical (unpaired) electrons. The minimum Gasteiger partial charge on any atom is -0.353 e. The number of aryl methyl sites for hydroxylation is 1. The van der Waals surface area contributed by atoms with Crippen molar-refractivity contribution >= 4 is 5.91 Å². The van der Waals surface area contributed by atoms with Crippen molar-refractivity contribution in [3.63, 3.8) is 0 Å². The molecule has 1 unspecified atom stereocenters. The Balaban J connectivity index is 2.23. The number of nitrogens with one attached hydrogen (secondary N) is 2. The molecule has 0 bridgehead atoms. The Hall–Kier alpha value is -1.35. The van der Waals surface area contributed by atoms with E-state index < -0.39 is 0 Å². The first-order chi connectivity index (χ1) is 8.61. The lowest BCUT2D eigenvalue weighted by molar-refractivity contribution is -0.120. The molecule has 0 saturated carbocycles. The first-order valence-electron chi connectivity index (χ1n) is 6.67. The molecule has 100 valence electrons. The number of amides is 1. The molecule has 0 spiro atoms. The van der Waals surface area contributed by atoms with E-state index in [1.807, 2.05) is 13.0 Å². The van der Waals surface area contributed by atoms with E-state index in [2.05, 4.69) is 42.7 Å². The van der Waals surface area contributed by atoms with E-state index in [4.69, 9.17) is 0 Å². The molecule has 1 rings (SSSR count). The summed E-state index contributed by atoms with van der Waals surface area (Å²) in [5.41, 5.74) is 2.46. The molecule has 0 aliphatic carbocycles. The van der Waals surface area contributed by atoms with Crippen LogP contribution < -0.4 is 10.6 Å². The van der Waals surface area contributed by atoms with Crippen molar-refractivity contribution in [2.45, 2.75) is 46.2 Å². The number of hydrogen-bond acceptors (Lipinski definition) is 2. The van der Waals surface area contributed by atoms with E-state index in [1.54, 1.807) is 0 Å². The first kappa shape index (κ1) is 14.7. The molecular weight excluding hydrogens is 224 g/mol. The van der Waals surface area contributed by atoms with Crippen molar-refractivity contribution < 1.29 is 4.79 Å². The van der Waals surface area contributed by atoms with Crippen LogP contribution in [0.3, 0.4) is 0 Å². The topological polar surface area (TPSA) is 41.1 Å². The van der Waals surface area contributed by atoms with Crippen LogP contribution in [-0.2, 0) is 11.3 Å². The number of carbonyl (C=O) groups is 1. The van der Waals surface area contributed by atoms with Crippen LogP contribution in [0, 0.1) is 6.92 Å². The molecule has 0 heterocycles. The Kier molecular flexibility index (Phi) is 6.44. The van der Waals surface area contributed by atoms with E-state index in [0.29, 0.717) is 6.54 Å². The van der Waals surface area contributed by atoms with Gasteiger partial charge in [-0.2, -0.15) is 0 Å². The minimum atomic E-state index is 0.0728. The molecule has 0 saturated heterocycles. The maximum absolute atomic E-state index is 11.6. The maximum Gasteiger partial charge on any atom is 0.234 e. The molecule has 0 aliphatic rings. The zero-order valence-corrected chi connectivity index (χ0v) is 11.6. The average molecular weight is 248 g/mol. The lowest BCUT2D eigenvalue weighted by atomic mass is 10.1. The molecule has 0 fully saturated rings. The molecule has 3 nitrogen and oxygen atoms in total. The van der Waals surface area contributed by atoms with Gasteiger partial charge in [-0.1, -0.05) is 43.2 Å². The molecule has 3 heteroatoms. The summed E-state index contributed by atoms with van der Waals surface area (Å²) < 4.78 is 0. The first-order valence-corrected chi connectivity index (χ1v) is 6.67. The summed E-state index contributed by atoms with van der Waals surface area (Å²) in [6.45, 7) is 7.35. The molecule has 0 aromatic heterocycles. The van der Waals surface area contributed by atoms with Crippen LogP contribution >= 0.6 is 0 Å². The zero-order chi connectivity index (χ0) is 13.4. The Morgan fingerprint density at radius 3 is 2.83 bits per heavy atom. The monoisotopic (exact) mass is 248 g/mol. The standard InChI is InChI=1S/C15H24N2O/c1-4-6-13(3)17-15(18)11-16-10-14-8-5-7-12(2)9-14/h5,7-9,13,16H,4,6,10-11H2,1-3H3,(H,17,18). The van der Waals surface area contributed by atoms with Crippen LogP contribution in [0.1, 0.15) is 37.8 Å². The third-order valence-electron chi connectivity index (χ3n) is 2.83. The Labute approximate surface area is 110 Å². The van der Waals surface area contributed by atoms with Gasteiger partial charge >= 0.3 is 0 Å². The van der Waals surface area contributed by atoms with Crippen LogP contribution in [0.15, 0.2) is 24.3 Å². The number of carbonyl (C=O) groups excluding carboxylic acids is 1. The molecule has 1 amide bonds. The van der Waals surface area contributed by atoms with Gasteiger partial charge in [-0.25, -0.2) is 0 Å². The van der Waals surface area contributed by atoms with Crippen LogP contribution in [0.5, 0.6) is 0 Å². The fourth-order valence-electron chi connectivity index (χ4n) is 1.97. The second-order valence-corrected chi connectivity index (χ2v) is 4.85. The molecule has 1 aromatic rings. The summed E-state index contributed by atoms with van der Waals surface area (Å²) in [6, 6.07) is 8.57. The highest BCUT2D eigenvalue weighted by atomic mass is 16.1. The lowest BCUT2D eigenvalue weighted by Gasteiger charge is -2.13. The quantitative estimate of drug-likeness (QED) is 0.778. The van der Waals surface area contributed by atoms with Gasteiger partial charge in [0.25, 0.3) is 0 Å². The van der Waals surface area contributed by atoms with Crippen LogP contribution in [0.25, 0.3) is 0 Å². The van der Waals surface area contributed by atoms with E-state index >= 15 is 0 Å².